The third-order valence-electron chi connectivity index (χ3n) is 5.14. The first kappa shape index (κ1) is 16.4. The Morgan fingerprint density at radius 3 is 2.48 bits per heavy atom. The van der Waals surface area contributed by atoms with Gasteiger partial charge in [0.1, 0.15) is 5.82 Å². The third-order valence-corrected chi connectivity index (χ3v) is 5.14. The molecular weight excluding hydrogens is 263 g/mol. The van der Waals surface area contributed by atoms with Crippen LogP contribution < -0.4 is 5.32 Å². The average molecular weight is 292 g/mol. The summed E-state index contributed by atoms with van der Waals surface area (Å²) < 4.78 is 13.1. The minimum Gasteiger partial charge on any atom is -0.311 e. The molecule has 1 aromatic carbocycles. The molecule has 118 valence electrons. The number of rotatable bonds is 5. The van der Waals surface area contributed by atoms with Crippen LogP contribution in [0.15, 0.2) is 24.3 Å². The predicted octanol–water partition coefficient (Wildman–Crippen LogP) is 3.99. The first-order chi connectivity index (χ1) is 10.1. The van der Waals surface area contributed by atoms with Crippen LogP contribution in [0.1, 0.15) is 52.1 Å². The van der Waals surface area contributed by atoms with E-state index in [2.05, 4.69) is 37.9 Å². The summed E-state index contributed by atoms with van der Waals surface area (Å²) in [5, 5.41) is 3.71. The molecule has 0 radical (unpaired) electrons. The molecule has 0 amide bonds. The number of hydrogen-bond donors (Lipinski definition) is 1. The van der Waals surface area contributed by atoms with Crippen LogP contribution in [-0.4, -0.2) is 30.1 Å². The SMILES string of the molecule is CCC(C)C1CN(C(C)c2ccc(F)cc2)C(CC)CN1. The molecule has 2 nitrogen and oxygen atoms in total. The van der Waals surface area contributed by atoms with E-state index in [1.165, 1.54) is 12.0 Å². The molecule has 1 aromatic rings. The van der Waals surface area contributed by atoms with E-state index in [0.29, 0.717) is 24.0 Å². The van der Waals surface area contributed by atoms with Gasteiger partial charge in [-0.2, -0.15) is 0 Å². The second-order valence-corrected chi connectivity index (χ2v) is 6.39. The zero-order chi connectivity index (χ0) is 15.4. The average Bonchev–Trinajstić information content (AvgIpc) is 2.53. The van der Waals surface area contributed by atoms with Gasteiger partial charge in [-0.15, -0.1) is 0 Å². The molecule has 1 heterocycles. The molecule has 1 aliphatic rings. The molecule has 4 atom stereocenters. The maximum absolute atomic E-state index is 13.1. The lowest BCUT2D eigenvalue weighted by Gasteiger charge is -2.45. The van der Waals surface area contributed by atoms with Gasteiger partial charge in [-0.3, -0.25) is 4.90 Å². The van der Waals surface area contributed by atoms with Crippen molar-refractivity contribution in [3.05, 3.63) is 35.6 Å². The fraction of sp³-hybridized carbons (Fsp3) is 0.667. The van der Waals surface area contributed by atoms with E-state index in [4.69, 9.17) is 0 Å². The van der Waals surface area contributed by atoms with Crippen LogP contribution in [0.5, 0.6) is 0 Å². The molecule has 0 aliphatic carbocycles. The van der Waals surface area contributed by atoms with Crippen LogP contribution in [0.25, 0.3) is 0 Å². The summed E-state index contributed by atoms with van der Waals surface area (Å²) in [5.74, 6) is 0.529. The minimum atomic E-state index is -0.157. The summed E-state index contributed by atoms with van der Waals surface area (Å²) in [4.78, 5) is 2.60. The van der Waals surface area contributed by atoms with E-state index in [-0.39, 0.29) is 5.82 Å². The minimum absolute atomic E-state index is 0.157. The Kier molecular flexibility index (Phi) is 5.77. The molecule has 1 fully saturated rings. The van der Waals surface area contributed by atoms with E-state index in [0.717, 1.165) is 19.5 Å². The zero-order valence-electron chi connectivity index (χ0n) is 13.8. The van der Waals surface area contributed by atoms with Gasteiger partial charge in [0.2, 0.25) is 0 Å². The van der Waals surface area contributed by atoms with Crippen molar-refractivity contribution in [3.63, 3.8) is 0 Å². The van der Waals surface area contributed by atoms with E-state index < -0.39 is 0 Å². The maximum Gasteiger partial charge on any atom is 0.123 e. The van der Waals surface area contributed by atoms with E-state index in [1.54, 1.807) is 12.1 Å². The number of piperazine rings is 1. The van der Waals surface area contributed by atoms with Gasteiger partial charge in [0, 0.05) is 31.2 Å². The first-order valence-electron chi connectivity index (χ1n) is 8.31. The summed E-state index contributed by atoms with van der Waals surface area (Å²) in [6.07, 6.45) is 2.35. The molecule has 0 spiro atoms. The lowest BCUT2D eigenvalue weighted by molar-refractivity contribution is 0.0706. The van der Waals surface area contributed by atoms with Gasteiger partial charge in [0.15, 0.2) is 0 Å². The molecular formula is C18H29FN2. The molecule has 0 bridgehead atoms. The van der Waals surface area contributed by atoms with E-state index in [9.17, 15) is 4.39 Å². The van der Waals surface area contributed by atoms with Crippen molar-refractivity contribution in [1.82, 2.24) is 10.2 Å². The van der Waals surface area contributed by atoms with Crippen molar-refractivity contribution in [2.75, 3.05) is 13.1 Å². The highest BCUT2D eigenvalue weighted by atomic mass is 19.1. The van der Waals surface area contributed by atoms with Gasteiger partial charge in [-0.25, -0.2) is 4.39 Å². The summed E-state index contributed by atoms with van der Waals surface area (Å²) in [5.41, 5.74) is 1.21. The fourth-order valence-corrected chi connectivity index (χ4v) is 3.30. The lowest BCUT2D eigenvalue weighted by Crippen LogP contribution is -2.58. The molecule has 4 unspecified atom stereocenters. The van der Waals surface area contributed by atoms with E-state index >= 15 is 0 Å². The molecule has 0 saturated carbocycles. The van der Waals surface area contributed by atoms with Crippen molar-refractivity contribution in [1.29, 1.82) is 0 Å². The highest BCUT2D eigenvalue weighted by Gasteiger charge is 2.32. The Hall–Kier alpha value is -0.930. The van der Waals surface area contributed by atoms with Gasteiger partial charge in [0.25, 0.3) is 0 Å². The molecule has 3 heteroatoms. The van der Waals surface area contributed by atoms with Crippen molar-refractivity contribution in [2.45, 2.75) is 58.7 Å². The maximum atomic E-state index is 13.1. The zero-order valence-corrected chi connectivity index (χ0v) is 13.8. The third kappa shape index (κ3) is 3.83. The predicted molar refractivity (Wildman–Crippen MR) is 86.8 cm³/mol. The largest absolute Gasteiger partial charge is 0.311 e. The van der Waals surface area contributed by atoms with Crippen molar-refractivity contribution in [3.8, 4) is 0 Å². The van der Waals surface area contributed by atoms with Gasteiger partial charge in [0.05, 0.1) is 0 Å². The van der Waals surface area contributed by atoms with Gasteiger partial charge in [-0.05, 0) is 37.0 Å². The molecule has 1 saturated heterocycles. The van der Waals surface area contributed by atoms with E-state index in [1.807, 2.05) is 12.1 Å². The first-order valence-corrected chi connectivity index (χ1v) is 8.31. The fourth-order valence-electron chi connectivity index (χ4n) is 3.30. The highest BCUT2D eigenvalue weighted by Crippen LogP contribution is 2.27. The van der Waals surface area contributed by atoms with Crippen LogP contribution in [0.3, 0.4) is 0 Å². The summed E-state index contributed by atoms with van der Waals surface area (Å²) in [7, 11) is 0. The Labute approximate surface area is 128 Å². The molecule has 21 heavy (non-hydrogen) atoms. The van der Waals surface area contributed by atoms with Crippen molar-refractivity contribution in [2.24, 2.45) is 5.92 Å². The lowest BCUT2D eigenvalue weighted by atomic mass is 9.92. The van der Waals surface area contributed by atoms with Crippen LogP contribution in [0, 0.1) is 11.7 Å². The summed E-state index contributed by atoms with van der Waals surface area (Å²) in [6, 6.07) is 8.44. The van der Waals surface area contributed by atoms with Crippen molar-refractivity contribution < 1.29 is 4.39 Å². The number of halogens is 1. The molecule has 1 N–H and O–H groups in total. The van der Waals surface area contributed by atoms with Crippen molar-refractivity contribution >= 4 is 0 Å². The standard InChI is InChI=1S/C18H29FN2/c1-5-13(3)18-12-21(17(6-2)11-20-18)14(4)15-7-9-16(19)10-8-15/h7-10,13-14,17-18,20H,5-6,11-12H2,1-4H3. The number of benzene rings is 1. The number of nitrogens with zero attached hydrogens (tertiary/aromatic N) is 1. The smallest absolute Gasteiger partial charge is 0.123 e. The van der Waals surface area contributed by atoms with Gasteiger partial charge in [-0.1, -0.05) is 39.3 Å². The molecule has 0 aromatic heterocycles. The topological polar surface area (TPSA) is 15.3 Å². The van der Waals surface area contributed by atoms with Gasteiger partial charge >= 0.3 is 0 Å². The highest BCUT2D eigenvalue weighted by molar-refractivity contribution is 5.20. The van der Waals surface area contributed by atoms with Crippen LogP contribution in [-0.2, 0) is 0 Å². The van der Waals surface area contributed by atoms with Crippen LogP contribution >= 0.6 is 0 Å². The van der Waals surface area contributed by atoms with Crippen LogP contribution in [0.2, 0.25) is 0 Å². The number of nitrogens with one attached hydrogen (secondary N) is 1. The second kappa shape index (κ2) is 7.37. The van der Waals surface area contributed by atoms with Gasteiger partial charge < -0.3 is 5.32 Å². The Morgan fingerprint density at radius 1 is 1.24 bits per heavy atom. The Morgan fingerprint density at radius 2 is 1.90 bits per heavy atom. The molecule has 2 rings (SSSR count). The Bertz CT molecular complexity index is 431. The number of hydrogen-bond acceptors (Lipinski definition) is 2. The second-order valence-electron chi connectivity index (χ2n) is 6.39. The monoisotopic (exact) mass is 292 g/mol. The summed E-state index contributed by atoms with van der Waals surface area (Å²) in [6.45, 7) is 11.2. The molecule has 1 aliphatic heterocycles. The quantitative estimate of drug-likeness (QED) is 0.883. The summed E-state index contributed by atoms with van der Waals surface area (Å²) >= 11 is 0. The normalized spacial score (nSPS) is 26.5. The Balaban J connectivity index is 2.14. The van der Waals surface area contributed by atoms with Crippen LogP contribution in [0.4, 0.5) is 4.39 Å².